The van der Waals surface area contributed by atoms with Gasteiger partial charge in [-0.3, -0.25) is 9.59 Å². The van der Waals surface area contributed by atoms with Gasteiger partial charge in [-0.15, -0.1) is 11.3 Å². The highest BCUT2D eigenvalue weighted by molar-refractivity contribution is 8.01. The topological polar surface area (TPSA) is 125 Å². The number of carbonyl (C=O) groups is 3. The second kappa shape index (κ2) is 14.1. The summed E-state index contributed by atoms with van der Waals surface area (Å²) in [7, 11) is 0. The first-order valence-electron chi connectivity index (χ1n) is 14.3. The zero-order valence-electron chi connectivity index (χ0n) is 24.5. The van der Waals surface area contributed by atoms with E-state index < -0.39 is 18.0 Å². The molecule has 3 amide bonds. The molecular weight excluding hydrogens is 642 g/mol. The van der Waals surface area contributed by atoms with E-state index in [4.69, 9.17) is 16.3 Å². The van der Waals surface area contributed by atoms with Gasteiger partial charge < -0.3 is 25.7 Å². The van der Waals surface area contributed by atoms with Gasteiger partial charge in [-0.1, -0.05) is 65.8 Å². The molecule has 46 heavy (non-hydrogen) atoms. The van der Waals surface area contributed by atoms with Crippen LogP contribution >= 0.6 is 34.7 Å². The van der Waals surface area contributed by atoms with Gasteiger partial charge in [0.05, 0.1) is 16.0 Å². The Morgan fingerprint density at radius 2 is 1.78 bits per heavy atom. The van der Waals surface area contributed by atoms with Crippen molar-refractivity contribution in [3.05, 3.63) is 113 Å². The third-order valence-corrected chi connectivity index (χ3v) is 9.49. The monoisotopic (exact) mass is 669 g/mol. The van der Waals surface area contributed by atoms with E-state index in [1.54, 1.807) is 42.5 Å². The lowest BCUT2D eigenvalue weighted by atomic mass is 10.0. The zero-order valence-corrected chi connectivity index (χ0v) is 26.9. The van der Waals surface area contributed by atoms with Gasteiger partial charge in [0.25, 0.3) is 0 Å². The molecule has 0 aliphatic heterocycles. The number of anilines is 2. The summed E-state index contributed by atoms with van der Waals surface area (Å²) in [4.78, 5) is 46.9. The number of nitrogens with zero attached hydrogens (tertiary/aromatic N) is 1. The van der Waals surface area contributed by atoms with Gasteiger partial charge >= 0.3 is 6.09 Å². The molecular formula is C34H28ClN5O4S2. The lowest BCUT2D eigenvalue weighted by molar-refractivity contribution is -0.118. The number of halogens is 1. The number of carbonyl (C=O) groups excluding carboxylic acids is 3. The molecule has 4 N–H and O–H groups in total. The number of H-pyrrole nitrogens is 1. The molecule has 232 valence electrons. The summed E-state index contributed by atoms with van der Waals surface area (Å²) < 4.78 is 6.98. The number of aryl methyl sites for hydroxylation is 1. The van der Waals surface area contributed by atoms with Gasteiger partial charge in [-0.05, 0) is 66.6 Å². The number of aromatic amines is 1. The van der Waals surface area contributed by atoms with Crippen LogP contribution in [0.1, 0.15) is 11.1 Å². The molecule has 6 aromatic rings. The predicted octanol–water partition coefficient (Wildman–Crippen LogP) is 7.81. The molecule has 1 atom stereocenters. The SMILES string of the molecule is Cc1ccc(Cl)cc1NC(=O)CSc1nc2ccc(NC(=O)[C@@H](Cc3c[nH]c4ccccc34)NC(=O)Oc3ccccc3)cc2s1. The first kappa shape index (κ1) is 31.2. The molecule has 2 aromatic heterocycles. The summed E-state index contributed by atoms with van der Waals surface area (Å²) in [5.41, 5.74) is 4.71. The maximum atomic E-state index is 13.6. The number of thiazole rings is 1. The highest BCUT2D eigenvalue weighted by Gasteiger charge is 2.24. The van der Waals surface area contributed by atoms with E-state index in [9.17, 15) is 14.4 Å². The van der Waals surface area contributed by atoms with Gasteiger partial charge in [0.15, 0.2) is 4.34 Å². The van der Waals surface area contributed by atoms with E-state index >= 15 is 0 Å². The average molecular weight is 670 g/mol. The number of fused-ring (bicyclic) bond motifs is 2. The second-order valence-corrected chi connectivity index (χ2v) is 13.1. The number of hydrogen-bond acceptors (Lipinski definition) is 7. The smallest absolute Gasteiger partial charge is 0.410 e. The molecule has 2 heterocycles. The van der Waals surface area contributed by atoms with Crippen molar-refractivity contribution in [2.75, 3.05) is 16.4 Å². The van der Waals surface area contributed by atoms with Gasteiger partial charge in [0.2, 0.25) is 11.8 Å². The van der Waals surface area contributed by atoms with Crippen molar-refractivity contribution in [2.24, 2.45) is 0 Å². The lowest BCUT2D eigenvalue weighted by Gasteiger charge is -2.18. The number of amides is 3. The molecule has 0 saturated carbocycles. The molecule has 0 saturated heterocycles. The molecule has 6 rings (SSSR count). The van der Waals surface area contributed by atoms with E-state index in [-0.39, 0.29) is 18.1 Å². The Hall–Kier alpha value is -4.84. The minimum atomic E-state index is -0.930. The Morgan fingerprint density at radius 3 is 2.63 bits per heavy atom. The summed E-state index contributed by atoms with van der Waals surface area (Å²) in [6.45, 7) is 1.90. The van der Waals surface area contributed by atoms with E-state index in [0.717, 1.165) is 36.6 Å². The van der Waals surface area contributed by atoms with Crippen LogP contribution in [0.15, 0.2) is 102 Å². The zero-order chi connectivity index (χ0) is 32.0. The third kappa shape index (κ3) is 7.68. The van der Waals surface area contributed by atoms with Crippen molar-refractivity contribution in [1.29, 1.82) is 0 Å². The molecule has 0 fully saturated rings. The average Bonchev–Trinajstić information content (AvgIpc) is 3.65. The van der Waals surface area contributed by atoms with Crippen molar-refractivity contribution >= 4 is 85.1 Å². The summed E-state index contributed by atoms with van der Waals surface area (Å²) in [5.74, 6) is -0.0215. The Labute approximate surface area is 277 Å². The first-order valence-corrected chi connectivity index (χ1v) is 16.5. The normalized spacial score (nSPS) is 11.7. The fourth-order valence-corrected chi connectivity index (χ4v) is 6.89. The van der Waals surface area contributed by atoms with Gasteiger partial charge in [0.1, 0.15) is 11.8 Å². The highest BCUT2D eigenvalue weighted by Crippen LogP contribution is 2.32. The number of hydrogen-bond donors (Lipinski definition) is 4. The largest absolute Gasteiger partial charge is 0.413 e. The molecule has 0 unspecified atom stereocenters. The van der Waals surface area contributed by atoms with Crippen LogP contribution < -0.4 is 20.7 Å². The molecule has 9 nitrogen and oxygen atoms in total. The number of nitrogens with one attached hydrogen (secondary N) is 4. The highest BCUT2D eigenvalue weighted by atomic mass is 35.5. The lowest BCUT2D eigenvalue weighted by Crippen LogP contribution is -2.46. The maximum Gasteiger partial charge on any atom is 0.413 e. The summed E-state index contributed by atoms with van der Waals surface area (Å²) in [6.07, 6.45) is 1.34. The van der Waals surface area contributed by atoms with Crippen molar-refractivity contribution < 1.29 is 19.1 Å². The molecule has 12 heteroatoms. The van der Waals surface area contributed by atoms with Crippen LogP contribution in [0.3, 0.4) is 0 Å². The van der Waals surface area contributed by atoms with Gasteiger partial charge in [-0.2, -0.15) is 0 Å². The van der Waals surface area contributed by atoms with Crippen molar-refractivity contribution in [3.8, 4) is 5.75 Å². The van der Waals surface area contributed by atoms with E-state index in [2.05, 4.69) is 25.9 Å². The molecule has 0 aliphatic carbocycles. The van der Waals surface area contributed by atoms with Gasteiger partial charge in [-0.25, -0.2) is 9.78 Å². The van der Waals surface area contributed by atoms with Crippen molar-refractivity contribution in [2.45, 2.75) is 23.7 Å². The van der Waals surface area contributed by atoms with Crippen LogP contribution in [-0.4, -0.2) is 39.7 Å². The van der Waals surface area contributed by atoms with Crippen LogP contribution in [0.2, 0.25) is 5.02 Å². The maximum absolute atomic E-state index is 13.6. The molecule has 4 aromatic carbocycles. The predicted molar refractivity (Wildman–Crippen MR) is 185 cm³/mol. The molecule has 0 bridgehead atoms. The Balaban J connectivity index is 1.14. The van der Waals surface area contributed by atoms with Crippen molar-refractivity contribution in [3.63, 3.8) is 0 Å². The van der Waals surface area contributed by atoms with E-state index in [1.165, 1.54) is 23.1 Å². The fraction of sp³-hybridized carbons (Fsp3) is 0.118. The number of ether oxygens (including phenoxy) is 1. The third-order valence-electron chi connectivity index (χ3n) is 7.10. The Morgan fingerprint density at radius 1 is 0.978 bits per heavy atom. The second-order valence-electron chi connectivity index (χ2n) is 10.4. The van der Waals surface area contributed by atoms with E-state index in [1.807, 2.05) is 61.7 Å². The summed E-state index contributed by atoms with van der Waals surface area (Å²) in [5, 5.41) is 10.1. The number of aromatic nitrogens is 2. The molecule has 0 radical (unpaired) electrons. The summed E-state index contributed by atoms with van der Waals surface area (Å²) in [6, 6.07) is 26.3. The van der Waals surface area contributed by atoms with Crippen LogP contribution in [0, 0.1) is 6.92 Å². The quantitative estimate of drug-likeness (QED) is 0.110. The Bertz CT molecular complexity index is 2050. The van der Waals surface area contributed by atoms with Crippen LogP contribution in [0.25, 0.3) is 21.1 Å². The number of thioether (sulfide) groups is 1. The molecule has 0 aliphatic rings. The molecule has 0 spiro atoms. The first-order chi connectivity index (χ1) is 22.3. The number of benzene rings is 4. The van der Waals surface area contributed by atoms with Crippen LogP contribution in [0.5, 0.6) is 5.75 Å². The van der Waals surface area contributed by atoms with E-state index in [0.29, 0.717) is 22.1 Å². The van der Waals surface area contributed by atoms with Gasteiger partial charge in [0, 0.05) is 39.9 Å². The fourth-order valence-electron chi connectivity index (χ4n) is 4.81. The Kier molecular flexibility index (Phi) is 9.53. The minimum absolute atomic E-state index is 0.165. The standard InChI is InChI=1S/C34H28ClN5O4S2/c1-20-11-12-22(35)16-28(20)38-31(41)19-45-34-40-27-14-13-23(17-30(27)46-34)37-32(42)29(39-33(43)44-24-7-3-2-4-8-24)15-21-18-36-26-10-6-5-9-25(21)26/h2-14,16-18,29,36H,15,19H2,1H3,(H,37,42)(H,38,41)(H,39,43)/t29-/m1/s1. The van der Waals surface area contributed by atoms with Crippen LogP contribution in [-0.2, 0) is 16.0 Å². The van der Waals surface area contributed by atoms with Crippen LogP contribution in [0.4, 0.5) is 16.2 Å². The number of para-hydroxylation sites is 2. The summed E-state index contributed by atoms with van der Waals surface area (Å²) >= 11 is 8.82. The minimum Gasteiger partial charge on any atom is -0.410 e. The number of rotatable bonds is 10. The van der Waals surface area contributed by atoms with Crippen molar-refractivity contribution in [1.82, 2.24) is 15.3 Å².